The second kappa shape index (κ2) is 6.92. The number of hydrogen-bond donors (Lipinski definition) is 2. The Bertz CT molecular complexity index is 588. The fourth-order valence-corrected chi connectivity index (χ4v) is 3.64. The monoisotopic (exact) mass is 367 g/mol. The Labute approximate surface area is 137 Å². The molecule has 21 heavy (non-hydrogen) atoms. The zero-order chi connectivity index (χ0) is 14.7. The Hall–Kier alpha value is -0.880. The molecule has 0 bridgehead atoms. The van der Waals surface area contributed by atoms with Crippen LogP contribution in [0.2, 0.25) is 0 Å². The normalized spacial score (nSPS) is 19.4. The first-order valence-corrected chi connectivity index (χ1v) is 8.83. The summed E-state index contributed by atoms with van der Waals surface area (Å²) >= 11 is 5.09. The Morgan fingerprint density at radius 1 is 1.43 bits per heavy atom. The molecule has 0 spiro atoms. The number of fused-ring (bicyclic) bond motifs is 1. The fourth-order valence-electron chi connectivity index (χ4n) is 2.59. The van der Waals surface area contributed by atoms with E-state index in [0.29, 0.717) is 6.54 Å². The Morgan fingerprint density at radius 2 is 2.33 bits per heavy atom. The van der Waals surface area contributed by atoms with Gasteiger partial charge in [-0.25, -0.2) is 0 Å². The van der Waals surface area contributed by atoms with Crippen molar-refractivity contribution < 1.29 is 9.84 Å². The maximum atomic E-state index is 10.2. The van der Waals surface area contributed by atoms with Crippen molar-refractivity contribution in [2.45, 2.75) is 25.0 Å². The number of benzene rings is 1. The van der Waals surface area contributed by atoms with E-state index >= 15 is 0 Å². The van der Waals surface area contributed by atoms with Gasteiger partial charge in [-0.3, -0.25) is 0 Å². The van der Waals surface area contributed by atoms with Gasteiger partial charge in [-0.1, -0.05) is 22.0 Å². The van der Waals surface area contributed by atoms with Crippen molar-refractivity contribution in [1.29, 1.82) is 0 Å². The molecule has 2 atom stereocenters. The first-order chi connectivity index (χ1) is 10.2. The number of thiophene rings is 1. The molecule has 2 heterocycles. The van der Waals surface area contributed by atoms with E-state index in [-0.39, 0.29) is 6.04 Å². The van der Waals surface area contributed by atoms with Crippen molar-refractivity contribution in [2.75, 3.05) is 13.2 Å². The third-order valence-corrected chi connectivity index (χ3v) is 4.93. The van der Waals surface area contributed by atoms with Gasteiger partial charge in [0.25, 0.3) is 0 Å². The standard InChI is InChI=1S/C16H18BrNO2S/c17-12-3-4-13-14(2-1-6-20-16(13)8-12)18-9-15(19)11-5-7-21-10-11/h3-5,7-8,10,14-15,18-19H,1-2,6,9H2. The molecular weight excluding hydrogens is 350 g/mol. The number of aliphatic hydroxyl groups is 1. The van der Waals surface area contributed by atoms with Gasteiger partial charge >= 0.3 is 0 Å². The van der Waals surface area contributed by atoms with Crippen LogP contribution in [0.4, 0.5) is 0 Å². The van der Waals surface area contributed by atoms with Crippen molar-refractivity contribution in [3.8, 4) is 5.75 Å². The molecule has 3 rings (SSSR count). The van der Waals surface area contributed by atoms with Crippen LogP contribution in [0.5, 0.6) is 5.75 Å². The number of nitrogens with one attached hydrogen (secondary N) is 1. The van der Waals surface area contributed by atoms with Crippen LogP contribution < -0.4 is 10.1 Å². The lowest BCUT2D eigenvalue weighted by atomic mass is 10.0. The highest BCUT2D eigenvalue weighted by atomic mass is 79.9. The topological polar surface area (TPSA) is 41.5 Å². The van der Waals surface area contributed by atoms with Gasteiger partial charge in [0.05, 0.1) is 12.7 Å². The SMILES string of the molecule is OC(CNC1CCCOc2cc(Br)ccc21)c1ccsc1. The smallest absolute Gasteiger partial charge is 0.125 e. The Balaban J connectivity index is 1.71. The highest BCUT2D eigenvalue weighted by Crippen LogP contribution is 2.34. The lowest BCUT2D eigenvalue weighted by Crippen LogP contribution is -2.26. The average molecular weight is 368 g/mol. The second-order valence-corrected chi connectivity index (χ2v) is 6.90. The zero-order valence-electron chi connectivity index (χ0n) is 11.6. The van der Waals surface area contributed by atoms with E-state index in [0.717, 1.165) is 35.2 Å². The quantitative estimate of drug-likeness (QED) is 0.856. The van der Waals surface area contributed by atoms with E-state index < -0.39 is 6.10 Å². The minimum absolute atomic E-state index is 0.226. The summed E-state index contributed by atoms with van der Waals surface area (Å²) in [4.78, 5) is 0. The van der Waals surface area contributed by atoms with E-state index in [9.17, 15) is 5.11 Å². The van der Waals surface area contributed by atoms with E-state index in [1.54, 1.807) is 11.3 Å². The number of rotatable bonds is 4. The lowest BCUT2D eigenvalue weighted by Gasteiger charge is -2.20. The lowest BCUT2D eigenvalue weighted by molar-refractivity contribution is 0.169. The van der Waals surface area contributed by atoms with Gasteiger partial charge < -0.3 is 15.2 Å². The van der Waals surface area contributed by atoms with Crippen molar-refractivity contribution >= 4 is 27.3 Å². The molecule has 0 amide bonds. The van der Waals surface area contributed by atoms with Crippen LogP contribution in [-0.4, -0.2) is 18.3 Å². The molecule has 1 aromatic heterocycles. The summed E-state index contributed by atoms with van der Waals surface area (Å²) in [6.07, 6.45) is 1.57. The molecule has 5 heteroatoms. The summed E-state index contributed by atoms with van der Waals surface area (Å²) in [5.74, 6) is 0.935. The molecular formula is C16H18BrNO2S. The van der Waals surface area contributed by atoms with Gasteiger partial charge in [0.2, 0.25) is 0 Å². The molecule has 1 aliphatic heterocycles. The van der Waals surface area contributed by atoms with Crippen molar-refractivity contribution in [1.82, 2.24) is 5.32 Å². The van der Waals surface area contributed by atoms with E-state index in [1.807, 2.05) is 29.0 Å². The minimum Gasteiger partial charge on any atom is -0.493 e. The maximum absolute atomic E-state index is 10.2. The molecule has 2 aromatic rings. The molecule has 1 aliphatic rings. The summed E-state index contributed by atoms with van der Waals surface area (Å²) in [7, 11) is 0. The van der Waals surface area contributed by atoms with Crippen molar-refractivity contribution in [2.24, 2.45) is 0 Å². The highest BCUT2D eigenvalue weighted by Gasteiger charge is 2.20. The van der Waals surface area contributed by atoms with Gasteiger partial charge in [-0.05, 0) is 47.4 Å². The Kier molecular flexibility index (Phi) is 4.95. The molecule has 0 radical (unpaired) electrons. The number of hydrogen-bond acceptors (Lipinski definition) is 4. The summed E-state index contributed by atoms with van der Waals surface area (Å²) < 4.78 is 6.84. The van der Waals surface area contributed by atoms with Crippen molar-refractivity contribution in [3.63, 3.8) is 0 Å². The summed E-state index contributed by atoms with van der Waals surface area (Å²) in [5, 5.41) is 17.7. The molecule has 0 saturated heterocycles. The van der Waals surface area contributed by atoms with E-state index in [1.165, 1.54) is 5.56 Å². The third kappa shape index (κ3) is 3.66. The first-order valence-electron chi connectivity index (χ1n) is 7.10. The van der Waals surface area contributed by atoms with Crippen LogP contribution in [0.3, 0.4) is 0 Å². The zero-order valence-corrected chi connectivity index (χ0v) is 14.0. The summed E-state index contributed by atoms with van der Waals surface area (Å²) in [6, 6.07) is 8.35. The summed E-state index contributed by atoms with van der Waals surface area (Å²) in [5.41, 5.74) is 2.15. The maximum Gasteiger partial charge on any atom is 0.125 e. The highest BCUT2D eigenvalue weighted by molar-refractivity contribution is 9.10. The summed E-state index contributed by atoms with van der Waals surface area (Å²) in [6.45, 7) is 1.30. The molecule has 2 N–H and O–H groups in total. The van der Waals surface area contributed by atoms with Crippen LogP contribution in [0, 0.1) is 0 Å². The third-order valence-electron chi connectivity index (χ3n) is 3.73. The van der Waals surface area contributed by atoms with E-state index in [4.69, 9.17) is 4.74 Å². The molecule has 0 aliphatic carbocycles. The Morgan fingerprint density at radius 3 is 3.14 bits per heavy atom. The van der Waals surface area contributed by atoms with Gasteiger partial charge in [0.1, 0.15) is 5.75 Å². The predicted octanol–water partition coefficient (Wildman–Crippen LogP) is 4.05. The van der Waals surface area contributed by atoms with Crippen LogP contribution in [0.25, 0.3) is 0 Å². The van der Waals surface area contributed by atoms with Crippen molar-refractivity contribution in [3.05, 3.63) is 50.6 Å². The van der Waals surface area contributed by atoms with Crippen LogP contribution in [0.1, 0.15) is 36.1 Å². The van der Waals surface area contributed by atoms with Gasteiger partial charge in [-0.15, -0.1) is 0 Å². The van der Waals surface area contributed by atoms with E-state index in [2.05, 4.69) is 27.3 Å². The van der Waals surface area contributed by atoms with Gasteiger partial charge in [0, 0.05) is 22.6 Å². The molecule has 112 valence electrons. The number of aliphatic hydroxyl groups excluding tert-OH is 1. The molecule has 0 saturated carbocycles. The van der Waals surface area contributed by atoms with Gasteiger partial charge in [-0.2, -0.15) is 11.3 Å². The molecule has 2 unspecified atom stereocenters. The second-order valence-electron chi connectivity index (χ2n) is 5.21. The predicted molar refractivity (Wildman–Crippen MR) is 88.9 cm³/mol. The molecule has 0 fully saturated rings. The van der Waals surface area contributed by atoms with Crippen LogP contribution in [-0.2, 0) is 0 Å². The van der Waals surface area contributed by atoms with Crippen LogP contribution in [0.15, 0.2) is 39.5 Å². The minimum atomic E-state index is -0.459. The molecule has 3 nitrogen and oxygen atoms in total. The fraction of sp³-hybridized carbons (Fsp3) is 0.375. The van der Waals surface area contributed by atoms with Crippen LogP contribution >= 0.6 is 27.3 Å². The molecule has 1 aromatic carbocycles. The van der Waals surface area contributed by atoms with Gasteiger partial charge in [0.15, 0.2) is 0 Å². The number of halogens is 1. The first kappa shape index (κ1) is 15.0. The average Bonchev–Trinajstić information content (AvgIpc) is 2.94. The number of ether oxygens (including phenoxy) is 1. The largest absolute Gasteiger partial charge is 0.493 e.